The molecule has 0 aliphatic carbocycles. The zero-order valence-electron chi connectivity index (χ0n) is 11.2. The Morgan fingerprint density at radius 1 is 1.45 bits per heavy atom. The molecule has 0 unspecified atom stereocenters. The molecule has 2 aromatic heterocycles. The van der Waals surface area contributed by atoms with Crippen molar-refractivity contribution in [2.45, 2.75) is 32.2 Å². The van der Waals surface area contributed by atoms with Crippen LogP contribution in [0.1, 0.15) is 32.1 Å². The van der Waals surface area contributed by atoms with E-state index >= 15 is 0 Å². The van der Waals surface area contributed by atoms with Crippen LogP contribution < -0.4 is 0 Å². The summed E-state index contributed by atoms with van der Waals surface area (Å²) in [6, 6.07) is 3.72. The molecule has 1 amide bonds. The molecule has 1 saturated heterocycles. The largest absolute Gasteiger partial charge is 0.446 e. The van der Waals surface area contributed by atoms with Crippen molar-refractivity contribution in [3.05, 3.63) is 22.7 Å². The summed E-state index contributed by atoms with van der Waals surface area (Å²) in [5.41, 5.74) is 0. The third kappa shape index (κ3) is 2.37. The molecule has 1 atom stereocenters. The predicted octanol–water partition coefficient (Wildman–Crippen LogP) is 2.82. The minimum Gasteiger partial charge on any atom is -0.446 e. The van der Waals surface area contributed by atoms with Gasteiger partial charge in [0.1, 0.15) is 0 Å². The Kier molecular flexibility index (Phi) is 3.37. The van der Waals surface area contributed by atoms with E-state index in [1.165, 1.54) is 0 Å². The summed E-state index contributed by atoms with van der Waals surface area (Å²) in [6.45, 7) is 4.62. The molecule has 106 valence electrons. The second-order valence-corrected chi connectivity index (χ2v) is 5.88. The van der Waals surface area contributed by atoms with E-state index in [1.54, 1.807) is 12.1 Å². The highest BCUT2D eigenvalue weighted by Crippen LogP contribution is 2.30. The van der Waals surface area contributed by atoms with Crippen LogP contribution in [0.25, 0.3) is 11.6 Å². The SMILES string of the molecule is CC(C)N1C[C@@H](c2nc(-c3ccc(Br)o3)no2)CC1=O. The Hall–Kier alpha value is -1.63. The Bertz CT molecular complexity index is 634. The Morgan fingerprint density at radius 3 is 2.85 bits per heavy atom. The molecular formula is C13H14BrN3O3. The van der Waals surface area contributed by atoms with Gasteiger partial charge in [-0.05, 0) is 41.9 Å². The number of furan rings is 1. The number of hydrogen-bond donors (Lipinski definition) is 0. The lowest BCUT2D eigenvalue weighted by atomic mass is 10.1. The van der Waals surface area contributed by atoms with Gasteiger partial charge in [0.2, 0.25) is 17.6 Å². The summed E-state index contributed by atoms with van der Waals surface area (Å²) in [4.78, 5) is 18.1. The fraction of sp³-hybridized carbons (Fsp3) is 0.462. The van der Waals surface area contributed by atoms with Gasteiger partial charge in [0.15, 0.2) is 10.4 Å². The first kappa shape index (κ1) is 13.4. The number of hydrogen-bond acceptors (Lipinski definition) is 5. The molecule has 0 spiro atoms. The number of halogens is 1. The van der Waals surface area contributed by atoms with Crippen LogP contribution in [-0.4, -0.2) is 33.5 Å². The highest BCUT2D eigenvalue weighted by atomic mass is 79.9. The van der Waals surface area contributed by atoms with Crippen molar-refractivity contribution in [2.24, 2.45) is 0 Å². The van der Waals surface area contributed by atoms with Gasteiger partial charge < -0.3 is 13.8 Å². The molecule has 0 aromatic carbocycles. The average Bonchev–Trinajstić information content (AvgIpc) is 3.06. The van der Waals surface area contributed by atoms with Crippen molar-refractivity contribution < 1.29 is 13.7 Å². The fourth-order valence-corrected chi connectivity index (χ4v) is 2.64. The molecular weight excluding hydrogens is 326 g/mol. The van der Waals surface area contributed by atoms with Crippen molar-refractivity contribution in [2.75, 3.05) is 6.54 Å². The summed E-state index contributed by atoms with van der Waals surface area (Å²) >= 11 is 3.23. The normalized spacial score (nSPS) is 19.3. The van der Waals surface area contributed by atoms with Crippen LogP contribution in [0.2, 0.25) is 0 Å². The van der Waals surface area contributed by atoms with E-state index in [-0.39, 0.29) is 17.9 Å². The maximum Gasteiger partial charge on any atom is 0.238 e. The number of nitrogens with zero attached hydrogens (tertiary/aromatic N) is 3. The van der Waals surface area contributed by atoms with E-state index < -0.39 is 0 Å². The monoisotopic (exact) mass is 339 g/mol. The first-order valence-electron chi connectivity index (χ1n) is 6.43. The van der Waals surface area contributed by atoms with Crippen LogP contribution in [0, 0.1) is 0 Å². The molecule has 0 N–H and O–H groups in total. The van der Waals surface area contributed by atoms with E-state index in [0.717, 1.165) is 0 Å². The molecule has 6 nitrogen and oxygen atoms in total. The number of amides is 1. The van der Waals surface area contributed by atoms with Crippen molar-refractivity contribution in [3.8, 4) is 11.6 Å². The highest BCUT2D eigenvalue weighted by Gasteiger charge is 2.35. The van der Waals surface area contributed by atoms with Crippen molar-refractivity contribution in [1.82, 2.24) is 15.0 Å². The lowest BCUT2D eigenvalue weighted by Gasteiger charge is -2.20. The summed E-state index contributed by atoms with van der Waals surface area (Å²) in [7, 11) is 0. The molecule has 3 heterocycles. The number of aromatic nitrogens is 2. The van der Waals surface area contributed by atoms with Gasteiger partial charge in [-0.25, -0.2) is 0 Å². The molecule has 3 rings (SSSR count). The zero-order valence-corrected chi connectivity index (χ0v) is 12.8. The Morgan fingerprint density at radius 2 is 2.25 bits per heavy atom. The van der Waals surface area contributed by atoms with E-state index in [1.807, 2.05) is 18.7 Å². The van der Waals surface area contributed by atoms with E-state index in [0.29, 0.717) is 35.1 Å². The number of rotatable bonds is 3. The molecule has 0 bridgehead atoms. The molecule has 0 radical (unpaired) electrons. The fourth-order valence-electron chi connectivity index (χ4n) is 2.33. The van der Waals surface area contributed by atoms with Gasteiger partial charge in [0, 0.05) is 19.0 Å². The van der Waals surface area contributed by atoms with Gasteiger partial charge in [0.05, 0.1) is 5.92 Å². The summed E-state index contributed by atoms with van der Waals surface area (Å²) in [5, 5.41) is 3.91. The van der Waals surface area contributed by atoms with E-state index in [4.69, 9.17) is 8.94 Å². The molecule has 20 heavy (non-hydrogen) atoms. The van der Waals surface area contributed by atoms with Crippen LogP contribution in [0.15, 0.2) is 25.7 Å². The molecule has 1 aliphatic heterocycles. The van der Waals surface area contributed by atoms with Gasteiger partial charge in [-0.15, -0.1) is 0 Å². The average molecular weight is 340 g/mol. The van der Waals surface area contributed by atoms with Gasteiger partial charge in [-0.1, -0.05) is 5.16 Å². The summed E-state index contributed by atoms with van der Waals surface area (Å²) in [6.07, 6.45) is 0.418. The quantitative estimate of drug-likeness (QED) is 0.859. The Labute approximate surface area is 124 Å². The lowest BCUT2D eigenvalue weighted by Crippen LogP contribution is -2.31. The second kappa shape index (κ2) is 5.05. The van der Waals surface area contributed by atoms with Crippen molar-refractivity contribution in [3.63, 3.8) is 0 Å². The maximum atomic E-state index is 11.9. The van der Waals surface area contributed by atoms with E-state index in [2.05, 4.69) is 26.1 Å². The molecule has 2 aromatic rings. The number of carbonyl (C=O) groups excluding carboxylic acids is 1. The van der Waals surface area contributed by atoms with Gasteiger partial charge >= 0.3 is 0 Å². The zero-order chi connectivity index (χ0) is 14.3. The third-order valence-corrected chi connectivity index (χ3v) is 3.79. The second-order valence-electron chi connectivity index (χ2n) is 5.10. The summed E-state index contributed by atoms with van der Waals surface area (Å²) in [5.74, 6) is 1.53. The van der Waals surface area contributed by atoms with Crippen molar-refractivity contribution in [1.29, 1.82) is 0 Å². The number of likely N-dealkylation sites (tertiary alicyclic amines) is 1. The molecule has 7 heteroatoms. The molecule has 1 fully saturated rings. The smallest absolute Gasteiger partial charge is 0.238 e. The maximum absolute atomic E-state index is 11.9. The van der Waals surface area contributed by atoms with E-state index in [9.17, 15) is 4.79 Å². The van der Waals surface area contributed by atoms with Gasteiger partial charge in [-0.2, -0.15) is 4.98 Å². The number of carbonyl (C=O) groups is 1. The van der Waals surface area contributed by atoms with Crippen LogP contribution in [0.4, 0.5) is 0 Å². The topological polar surface area (TPSA) is 72.4 Å². The molecule has 1 aliphatic rings. The molecule has 0 saturated carbocycles. The minimum absolute atomic E-state index is 0.0375. The predicted molar refractivity (Wildman–Crippen MR) is 73.9 cm³/mol. The third-order valence-electron chi connectivity index (χ3n) is 3.37. The first-order valence-corrected chi connectivity index (χ1v) is 7.22. The van der Waals surface area contributed by atoms with Crippen LogP contribution in [-0.2, 0) is 4.79 Å². The van der Waals surface area contributed by atoms with Crippen LogP contribution >= 0.6 is 15.9 Å². The highest BCUT2D eigenvalue weighted by molar-refractivity contribution is 9.10. The summed E-state index contributed by atoms with van der Waals surface area (Å²) < 4.78 is 11.3. The van der Waals surface area contributed by atoms with Crippen molar-refractivity contribution >= 4 is 21.8 Å². The first-order chi connectivity index (χ1) is 9.54. The Balaban J connectivity index is 1.80. The standard InChI is InChI=1S/C13H14BrN3O3/c1-7(2)17-6-8(5-11(17)18)13-15-12(16-20-13)9-3-4-10(14)19-9/h3-4,7-8H,5-6H2,1-2H3/t8-/m0/s1. The van der Waals surface area contributed by atoms with Crippen LogP contribution in [0.3, 0.4) is 0 Å². The van der Waals surface area contributed by atoms with Gasteiger partial charge in [-0.3, -0.25) is 4.79 Å². The van der Waals surface area contributed by atoms with Gasteiger partial charge in [0.25, 0.3) is 0 Å². The minimum atomic E-state index is -0.0375. The lowest BCUT2D eigenvalue weighted by molar-refractivity contribution is -0.129. The van der Waals surface area contributed by atoms with Crippen LogP contribution in [0.5, 0.6) is 0 Å².